The van der Waals surface area contributed by atoms with Gasteiger partial charge in [-0.05, 0) is 57.4 Å². The van der Waals surface area contributed by atoms with Gasteiger partial charge < -0.3 is 14.4 Å². The van der Waals surface area contributed by atoms with E-state index in [0.29, 0.717) is 30.9 Å². The fourth-order valence-electron chi connectivity index (χ4n) is 4.26. The summed E-state index contributed by atoms with van der Waals surface area (Å²) >= 11 is 0. The molecule has 1 fully saturated rings. The van der Waals surface area contributed by atoms with Crippen molar-refractivity contribution in [2.24, 2.45) is 5.92 Å². The zero-order chi connectivity index (χ0) is 19.6. The van der Waals surface area contributed by atoms with Crippen molar-refractivity contribution in [2.45, 2.75) is 63.6 Å². The fourth-order valence-corrected chi connectivity index (χ4v) is 5.08. The molecule has 0 saturated heterocycles. The summed E-state index contributed by atoms with van der Waals surface area (Å²) in [5.41, 5.74) is 1.49. The largest absolute Gasteiger partial charge is 0.396 e. The van der Waals surface area contributed by atoms with Crippen LogP contribution in [0.5, 0.6) is 0 Å². The van der Waals surface area contributed by atoms with Crippen LogP contribution < -0.4 is 10.3 Å². The highest BCUT2D eigenvalue weighted by Crippen LogP contribution is 2.29. The zero-order valence-electron chi connectivity index (χ0n) is 16.1. The second kappa shape index (κ2) is 8.43. The molecule has 27 heavy (non-hydrogen) atoms. The van der Waals surface area contributed by atoms with Crippen molar-refractivity contribution in [2.75, 3.05) is 19.5 Å². The Bertz CT molecular complexity index is 812. The molecule has 2 unspecified atom stereocenters. The summed E-state index contributed by atoms with van der Waals surface area (Å²) in [6.07, 6.45) is 6.18. The van der Waals surface area contributed by atoms with Crippen LogP contribution in [-0.4, -0.2) is 49.7 Å². The van der Waals surface area contributed by atoms with Crippen LogP contribution in [0.3, 0.4) is 0 Å². The SMILES string of the molecule is Cc1ccc2n(c1=O)C(COC1CCC(CO)CC1)C(NS(C)(=O)=O)CC2. The van der Waals surface area contributed by atoms with Gasteiger partial charge in [0.05, 0.1) is 25.0 Å². The lowest BCUT2D eigenvalue weighted by Crippen LogP contribution is -2.49. The molecular formula is C19H30N2O5S. The van der Waals surface area contributed by atoms with Crippen molar-refractivity contribution in [3.63, 3.8) is 0 Å². The topological polar surface area (TPSA) is 97.6 Å². The Hall–Kier alpha value is -1.22. The van der Waals surface area contributed by atoms with Crippen molar-refractivity contribution in [1.82, 2.24) is 9.29 Å². The van der Waals surface area contributed by atoms with Crippen LogP contribution in [0.15, 0.2) is 16.9 Å². The number of hydrogen-bond acceptors (Lipinski definition) is 5. The van der Waals surface area contributed by atoms with Crippen molar-refractivity contribution >= 4 is 10.0 Å². The predicted molar refractivity (Wildman–Crippen MR) is 103 cm³/mol. The monoisotopic (exact) mass is 398 g/mol. The summed E-state index contributed by atoms with van der Waals surface area (Å²) in [5.74, 6) is 0.352. The Morgan fingerprint density at radius 3 is 2.56 bits per heavy atom. The lowest BCUT2D eigenvalue weighted by Gasteiger charge is -2.37. The van der Waals surface area contributed by atoms with Gasteiger partial charge in [0.1, 0.15) is 0 Å². The van der Waals surface area contributed by atoms with Gasteiger partial charge in [-0.2, -0.15) is 0 Å². The summed E-state index contributed by atoms with van der Waals surface area (Å²) < 4.78 is 34.2. The van der Waals surface area contributed by atoms with Crippen LogP contribution in [0, 0.1) is 12.8 Å². The third-order valence-corrected chi connectivity index (χ3v) is 6.55. The molecule has 2 N–H and O–H groups in total. The number of aryl methyl sites for hydroxylation is 2. The summed E-state index contributed by atoms with van der Waals surface area (Å²) in [7, 11) is -3.38. The molecule has 1 saturated carbocycles. The van der Waals surface area contributed by atoms with Gasteiger partial charge in [0.15, 0.2) is 0 Å². The maximum Gasteiger partial charge on any atom is 0.254 e. The molecule has 1 aromatic rings. The van der Waals surface area contributed by atoms with Crippen molar-refractivity contribution < 1.29 is 18.3 Å². The third-order valence-electron chi connectivity index (χ3n) is 5.82. The Balaban J connectivity index is 1.80. The van der Waals surface area contributed by atoms with Crippen LogP contribution in [0.2, 0.25) is 0 Å². The molecule has 1 aliphatic heterocycles. The molecule has 1 aromatic heterocycles. The molecule has 7 nitrogen and oxygen atoms in total. The number of aliphatic hydroxyl groups excluding tert-OH is 1. The highest BCUT2D eigenvalue weighted by Gasteiger charge is 2.33. The Morgan fingerprint density at radius 2 is 1.93 bits per heavy atom. The predicted octanol–water partition coefficient (Wildman–Crippen LogP) is 1.13. The number of aliphatic hydroxyl groups is 1. The standard InChI is InChI=1S/C19H30N2O5S/c1-13-3-6-15-7-10-17(20-27(2,24)25)18(21(15)19(13)23)12-26-16-8-4-14(11-22)5-9-16/h3,6,14,16-18,20,22H,4-5,7-12H2,1-2H3. The number of fused-ring (bicyclic) bond motifs is 1. The highest BCUT2D eigenvalue weighted by atomic mass is 32.2. The molecule has 2 heterocycles. The molecule has 2 atom stereocenters. The second-order valence-electron chi connectivity index (χ2n) is 7.94. The molecule has 8 heteroatoms. The molecule has 1 aliphatic carbocycles. The normalized spacial score (nSPS) is 28.7. The minimum atomic E-state index is -3.38. The van der Waals surface area contributed by atoms with E-state index < -0.39 is 10.0 Å². The van der Waals surface area contributed by atoms with E-state index in [1.807, 2.05) is 12.1 Å². The number of nitrogens with zero attached hydrogens (tertiary/aromatic N) is 1. The first-order chi connectivity index (χ1) is 12.8. The first kappa shape index (κ1) is 20.5. The Kier molecular flexibility index (Phi) is 6.40. The summed E-state index contributed by atoms with van der Waals surface area (Å²) in [5, 5.41) is 9.28. The number of pyridine rings is 1. The molecule has 2 aliphatic rings. The summed E-state index contributed by atoms with van der Waals surface area (Å²) in [6.45, 7) is 2.30. The average Bonchev–Trinajstić information content (AvgIpc) is 2.63. The maximum atomic E-state index is 12.8. The van der Waals surface area contributed by atoms with E-state index in [0.717, 1.165) is 37.6 Å². The van der Waals surface area contributed by atoms with Crippen LogP contribution in [0.25, 0.3) is 0 Å². The summed E-state index contributed by atoms with van der Waals surface area (Å²) in [4.78, 5) is 12.8. The molecule has 0 amide bonds. The van der Waals surface area contributed by atoms with Crippen LogP contribution in [-0.2, 0) is 21.2 Å². The lowest BCUT2D eigenvalue weighted by molar-refractivity contribution is -0.0112. The van der Waals surface area contributed by atoms with Crippen LogP contribution in [0.4, 0.5) is 0 Å². The van der Waals surface area contributed by atoms with Crippen molar-refractivity contribution in [1.29, 1.82) is 0 Å². The number of rotatable bonds is 6. The van der Waals surface area contributed by atoms with Crippen LogP contribution in [0.1, 0.15) is 49.4 Å². The average molecular weight is 399 g/mol. The number of nitrogens with one attached hydrogen (secondary N) is 1. The van der Waals surface area contributed by atoms with Gasteiger partial charge >= 0.3 is 0 Å². The van der Waals surface area contributed by atoms with Gasteiger partial charge in [0, 0.05) is 23.9 Å². The molecule has 0 radical (unpaired) electrons. The van der Waals surface area contributed by atoms with E-state index in [2.05, 4.69) is 4.72 Å². The minimum absolute atomic E-state index is 0.0786. The quantitative estimate of drug-likeness (QED) is 0.749. The molecule has 3 rings (SSSR count). The summed E-state index contributed by atoms with van der Waals surface area (Å²) in [6, 6.07) is 3.06. The van der Waals surface area contributed by atoms with Gasteiger partial charge in [0.25, 0.3) is 5.56 Å². The number of ether oxygens (including phenoxy) is 1. The van der Waals surface area contributed by atoms with E-state index in [1.165, 1.54) is 0 Å². The number of sulfonamides is 1. The molecule has 152 valence electrons. The van der Waals surface area contributed by atoms with Crippen LogP contribution >= 0.6 is 0 Å². The molecule has 0 aromatic carbocycles. The molecule has 0 spiro atoms. The number of hydrogen-bond donors (Lipinski definition) is 2. The first-order valence-electron chi connectivity index (χ1n) is 9.69. The molecular weight excluding hydrogens is 368 g/mol. The smallest absolute Gasteiger partial charge is 0.254 e. The first-order valence-corrected chi connectivity index (χ1v) is 11.6. The third kappa shape index (κ3) is 4.99. The fraction of sp³-hybridized carbons (Fsp3) is 0.737. The zero-order valence-corrected chi connectivity index (χ0v) is 16.9. The van der Waals surface area contributed by atoms with E-state index in [-0.39, 0.29) is 30.4 Å². The minimum Gasteiger partial charge on any atom is -0.396 e. The number of aromatic nitrogens is 1. The van der Waals surface area contributed by atoms with Gasteiger partial charge in [-0.25, -0.2) is 13.1 Å². The maximum absolute atomic E-state index is 12.8. The van der Waals surface area contributed by atoms with Gasteiger partial charge in [-0.1, -0.05) is 6.07 Å². The van der Waals surface area contributed by atoms with Gasteiger partial charge in [-0.3, -0.25) is 4.79 Å². The van der Waals surface area contributed by atoms with Crippen molar-refractivity contribution in [3.8, 4) is 0 Å². The molecule has 0 bridgehead atoms. The van der Waals surface area contributed by atoms with Gasteiger partial charge in [0.2, 0.25) is 10.0 Å². The van der Waals surface area contributed by atoms with E-state index in [9.17, 15) is 18.3 Å². The van der Waals surface area contributed by atoms with E-state index >= 15 is 0 Å². The van der Waals surface area contributed by atoms with E-state index in [1.54, 1.807) is 11.5 Å². The van der Waals surface area contributed by atoms with Crippen molar-refractivity contribution in [3.05, 3.63) is 33.7 Å². The highest BCUT2D eigenvalue weighted by molar-refractivity contribution is 7.88. The lowest BCUT2D eigenvalue weighted by atomic mass is 9.88. The second-order valence-corrected chi connectivity index (χ2v) is 9.72. The Morgan fingerprint density at radius 1 is 1.22 bits per heavy atom. The van der Waals surface area contributed by atoms with E-state index in [4.69, 9.17) is 4.74 Å². The Labute approximate surface area is 160 Å². The van der Waals surface area contributed by atoms with Gasteiger partial charge in [-0.15, -0.1) is 0 Å².